The molecular weight excluding hydrogens is 351 g/mol. The van der Waals surface area contributed by atoms with Crippen molar-refractivity contribution in [3.8, 4) is 0 Å². The average Bonchev–Trinajstić information content (AvgIpc) is 1.90. The maximum atomic E-state index is 5.58. The molecule has 0 nitrogen and oxygen atoms in total. The van der Waals surface area contributed by atoms with E-state index in [1.165, 1.54) is 0 Å². The Morgan fingerprint density at radius 2 is 0.929 bits per heavy atom. The van der Waals surface area contributed by atoms with Crippen LogP contribution in [-0.2, 0) is 0 Å². The van der Waals surface area contributed by atoms with Crippen LogP contribution in [0.1, 0.15) is 0 Å². The molecule has 0 bridgehead atoms. The Labute approximate surface area is 116 Å². The number of hydrogen-bond acceptors (Lipinski definition) is 0. The molecule has 1 aromatic rings. The van der Waals surface area contributed by atoms with Crippen molar-refractivity contribution in [3.63, 3.8) is 0 Å². The van der Waals surface area contributed by atoms with Gasteiger partial charge in [-0.05, 0) is 12.1 Å². The third-order valence-corrected chi connectivity index (χ3v) is 1.58. The fourth-order valence-electron chi connectivity index (χ4n) is 0.439. The van der Waals surface area contributed by atoms with Crippen LogP contribution in [0.4, 0.5) is 0 Å². The normalized spacial score (nSPS) is 13.5. The third kappa shape index (κ3) is 13.7. The van der Waals surface area contributed by atoms with E-state index >= 15 is 0 Å². The molecule has 14 heavy (non-hydrogen) atoms. The minimum Gasteiger partial charge on any atom is -0.0827 e. The van der Waals surface area contributed by atoms with Gasteiger partial charge in [0.05, 0.1) is 10.0 Å². The van der Waals surface area contributed by atoms with Crippen molar-refractivity contribution >= 4 is 82.8 Å². The Hall–Kier alpha value is 1.68. The summed E-state index contributed by atoms with van der Waals surface area (Å²) in [5.41, 5.74) is 0. The number of rotatable bonds is 0. The molecule has 0 atom stereocenters. The SMILES string of the molecule is ClP(Cl)(Cl)(Cl)Cl.Clc1ccccc1Cl. The van der Waals surface area contributed by atoms with Crippen LogP contribution in [-0.4, -0.2) is 0 Å². The van der Waals surface area contributed by atoms with E-state index in [0.717, 1.165) is 0 Å². The molecule has 0 heterocycles. The van der Waals surface area contributed by atoms with E-state index in [1.807, 2.05) is 12.1 Å². The van der Waals surface area contributed by atoms with E-state index < -0.39 is 3.37 Å². The summed E-state index contributed by atoms with van der Waals surface area (Å²) in [6, 6.07) is 7.19. The van der Waals surface area contributed by atoms with Gasteiger partial charge in [0.25, 0.3) is 0 Å². The van der Waals surface area contributed by atoms with Crippen molar-refractivity contribution in [2.24, 2.45) is 0 Å². The summed E-state index contributed by atoms with van der Waals surface area (Å²) in [7, 11) is 0. The van der Waals surface area contributed by atoms with E-state index in [4.69, 9.17) is 79.4 Å². The zero-order valence-electron chi connectivity index (χ0n) is 6.40. The van der Waals surface area contributed by atoms with Crippen LogP contribution in [0.25, 0.3) is 0 Å². The molecule has 0 spiro atoms. The second-order valence-corrected chi connectivity index (χ2v) is 19.5. The van der Waals surface area contributed by atoms with E-state index in [2.05, 4.69) is 0 Å². The fourth-order valence-corrected chi connectivity index (χ4v) is 0.711. The molecule has 0 unspecified atom stereocenters. The molecule has 1 aromatic carbocycles. The van der Waals surface area contributed by atoms with Gasteiger partial charge in [-0.1, -0.05) is 35.3 Å². The first-order valence-corrected chi connectivity index (χ1v) is 10.6. The average molecular weight is 355 g/mol. The van der Waals surface area contributed by atoms with Crippen LogP contribution in [0.3, 0.4) is 0 Å². The van der Waals surface area contributed by atoms with Crippen molar-refractivity contribution in [2.75, 3.05) is 0 Å². The van der Waals surface area contributed by atoms with E-state index in [0.29, 0.717) is 10.0 Å². The first-order valence-electron chi connectivity index (χ1n) is 3.05. The number of hydrogen-bond donors (Lipinski definition) is 0. The van der Waals surface area contributed by atoms with Crippen LogP contribution in [0.15, 0.2) is 24.3 Å². The molecule has 0 aliphatic heterocycles. The molecule has 8 heteroatoms. The number of halogens is 7. The molecule has 0 aromatic heterocycles. The first kappa shape index (κ1) is 15.7. The topological polar surface area (TPSA) is 0 Å². The van der Waals surface area contributed by atoms with Crippen molar-refractivity contribution in [1.82, 2.24) is 0 Å². The van der Waals surface area contributed by atoms with E-state index in [-0.39, 0.29) is 0 Å². The Bertz CT molecular complexity index is 265. The van der Waals surface area contributed by atoms with Gasteiger partial charge in [-0.3, -0.25) is 0 Å². The minimum absolute atomic E-state index is 0.606. The second kappa shape index (κ2) is 5.84. The van der Waals surface area contributed by atoms with Crippen molar-refractivity contribution < 1.29 is 0 Å². The van der Waals surface area contributed by atoms with Gasteiger partial charge in [0.2, 0.25) is 0 Å². The Kier molecular flexibility index (Phi) is 6.55. The standard InChI is InChI=1S/C6H4Cl2.Cl5P/c7-5-3-1-2-4-6(5)8;1-6(2,3,4)5/h1-4H;. The summed E-state index contributed by atoms with van der Waals surface area (Å²) >= 11 is 36.0. The number of benzene rings is 1. The molecule has 0 radical (unpaired) electrons. The predicted octanol–water partition coefficient (Wildman–Crippen LogP) is 7.30. The zero-order chi connectivity index (χ0) is 11.4. The summed E-state index contributed by atoms with van der Waals surface area (Å²) in [4.78, 5) is 0. The zero-order valence-corrected chi connectivity index (χ0v) is 12.6. The second-order valence-electron chi connectivity index (χ2n) is 2.05. The Morgan fingerprint density at radius 1 is 0.714 bits per heavy atom. The molecule has 0 aliphatic rings. The fraction of sp³-hybridized carbons (Fsp3) is 0. The molecular formula is C6H4Cl7P. The molecule has 0 saturated carbocycles. The van der Waals surface area contributed by atoms with Gasteiger partial charge < -0.3 is 0 Å². The molecule has 1 rings (SSSR count). The smallest absolute Gasteiger partial charge is 0.0592 e. The van der Waals surface area contributed by atoms with Gasteiger partial charge in [0.1, 0.15) is 0 Å². The summed E-state index contributed by atoms with van der Waals surface area (Å²) in [5, 5.41) is 1.21. The largest absolute Gasteiger partial charge is 0.0827 e. The van der Waals surface area contributed by atoms with Gasteiger partial charge in [-0.2, -0.15) is 0 Å². The van der Waals surface area contributed by atoms with Gasteiger partial charge in [-0.15, -0.1) is 0 Å². The van der Waals surface area contributed by atoms with Crippen LogP contribution in [0.2, 0.25) is 10.0 Å². The third-order valence-electron chi connectivity index (χ3n) is 0.824. The quantitative estimate of drug-likeness (QED) is 0.428. The van der Waals surface area contributed by atoms with Crippen molar-refractivity contribution in [1.29, 1.82) is 0 Å². The van der Waals surface area contributed by atoms with Gasteiger partial charge in [0, 0.05) is 0 Å². The molecule has 0 saturated heterocycles. The molecule has 0 aliphatic carbocycles. The van der Waals surface area contributed by atoms with Crippen molar-refractivity contribution in [2.45, 2.75) is 0 Å². The molecule has 0 amide bonds. The van der Waals surface area contributed by atoms with Gasteiger partial charge >= 0.3 is 59.6 Å². The summed E-state index contributed by atoms with van der Waals surface area (Å²) in [5.74, 6) is 0. The Morgan fingerprint density at radius 3 is 1.07 bits per heavy atom. The molecule has 82 valence electrons. The van der Waals surface area contributed by atoms with Crippen LogP contribution in [0.5, 0.6) is 0 Å². The first-order chi connectivity index (χ1) is 6.04. The van der Waals surface area contributed by atoms with E-state index in [1.54, 1.807) is 12.1 Å². The van der Waals surface area contributed by atoms with Gasteiger partial charge in [0.15, 0.2) is 0 Å². The Balaban J connectivity index is 0.000000255. The predicted molar refractivity (Wildman–Crippen MR) is 72.6 cm³/mol. The van der Waals surface area contributed by atoms with E-state index in [9.17, 15) is 0 Å². The van der Waals surface area contributed by atoms with Gasteiger partial charge in [-0.25, -0.2) is 0 Å². The molecule has 0 fully saturated rings. The van der Waals surface area contributed by atoms with Crippen LogP contribution in [0, 0.1) is 0 Å². The summed E-state index contributed by atoms with van der Waals surface area (Å²) in [6.45, 7) is 0. The van der Waals surface area contributed by atoms with Crippen LogP contribution >= 0.6 is 82.8 Å². The monoisotopic (exact) mass is 352 g/mol. The summed E-state index contributed by atoms with van der Waals surface area (Å²) < 4.78 is -3.69. The molecule has 0 N–H and O–H groups in total. The summed E-state index contributed by atoms with van der Waals surface area (Å²) in [6.07, 6.45) is 0. The minimum atomic E-state index is -3.69. The van der Waals surface area contributed by atoms with Crippen molar-refractivity contribution in [3.05, 3.63) is 34.3 Å². The maximum absolute atomic E-state index is 5.58. The maximum Gasteiger partial charge on any atom is 0.0592 e. The van der Waals surface area contributed by atoms with Crippen LogP contribution < -0.4 is 0 Å².